The minimum absolute atomic E-state index is 0.0361. The number of hydrogen-bond donors (Lipinski definition) is 1. The molecule has 0 saturated carbocycles. The van der Waals surface area contributed by atoms with E-state index in [4.69, 9.17) is 0 Å². The number of hydrogen-bond acceptors (Lipinski definition) is 3. The van der Waals surface area contributed by atoms with Crippen molar-refractivity contribution >= 4 is 11.6 Å². The van der Waals surface area contributed by atoms with Gasteiger partial charge in [-0.3, -0.25) is 9.89 Å². The van der Waals surface area contributed by atoms with E-state index < -0.39 is 11.7 Å². The monoisotopic (exact) mass is 418 g/mol. The number of alkyl halides is 3. The van der Waals surface area contributed by atoms with E-state index in [-0.39, 0.29) is 23.4 Å². The number of halogens is 3. The fourth-order valence-electron chi connectivity index (χ4n) is 5.33. The molecule has 1 N–H and O–H groups in total. The summed E-state index contributed by atoms with van der Waals surface area (Å²) in [6.07, 6.45) is 0.814. The van der Waals surface area contributed by atoms with Crippen molar-refractivity contribution < 1.29 is 18.0 Å². The van der Waals surface area contributed by atoms with E-state index in [1.54, 1.807) is 12.1 Å². The molecule has 1 aliphatic carbocycles. The first-order valence-electron chi connectivity index (χ1n) is 10.7. The minimum Gasteiger partial charge on any atom is -0.370 e. The number of carbonyl (C=O) groups excluding carboxylic acids is 1. The third-order valence-corrected chi connectivity index (χ3v) is 6.83. The number of benzene rings is 1. The predicted octanol–water partition coefficient (Wildman–Crippen LogP) is 3.91. The summed E-state index contributed by atoms with van der Waals surface area (Å²) < 4.78 is 40.2. The topological polar surface area (TPSA) is 52.2 Å². The van der Waals surface area contributed by atoms with Gasteiger partial charge in [-0.2, -0.15) is 18.3 Å². The number of para-hydroxylation sites is 1. The van der Waals surface area contributed by atoms with Crippen molar-refractivity contribution in [2.24, 2.45) is 11.8 Å². The molecule has 1 aromatic carbocycles. The zero-order valence-electron chi connectivity index (χ0n) is 16.7. The molecular weight excluding hydrogens is 393 g/mol. The molecule has 0 unspecified atom stereocenters. The molecule has 30 heavy (non-hydrogen) atoms. The smallest absolute Gasteiger partial charge is 0.370 e. The number of nitrogens with zero attached hydrogens (tertiary/aromatic N) is 3. The van der Waals surface area contributed by atoms with Gasteiger partial charge in [0.25, 0.3) is 5.91 Å². The van der Waals surface area contributed by atoms with Crippen LogP contribution in [0.5, 0.6) is 0 Å². The number of aromatic amines is 1. The van der Waals surface area contributed by atoms with Crippen LogP contribution in [-0.4, -0.2) is 47.2 Å². The summed E-state index contributed by atoms with van der Waals surface area (Å²) in [5.41, 5.74) is 2.36. The van der Waals surface area contributed by atoms with Gasteiger partial charge in [-0.05, 0) is 37.8 Å². The minimum atomic E-state index is -4.37. The number of nitrogens with one attached hydrogen (secondary N) is 1. The lowest BCUT2D eigenvalue weighted by atomic mass is 10.0. The molecule has 3 aliphatic rings. The number of aryl methyl sites for hydroxylation is 1. The lowest BCUT2D eigenvalue weighted by Gasteiger charge is -2.25. The summed E-state index contributed by atoms with van der Waals surface area (Å²) >= 11 is 0. The van der Waals surface area contributed by atoms with Crippen LogP contribution in [0.2, 0.25) is 0 Å². The Hall–Kier alpha value is -2.51. The Morgan fingerprint density at radius 2 is 1.70 bits per heavy atom. The number of likely N-dealkylation sites (tertiary alicyclic amines) is 1. The Balaban J connectivity index is 1.29. The highest BCUT2D eigenvalue weighted by atomic mass is 19.4. The maximum Gasteiger partial charge on any atom is 0.418 e. The molecular formula is C22H25F3N4O. The molecule has 2 atom stereocenters. The standard InChI is InChI=1S/C22H25F3N4O/c23-22(24,25)17-7-4-5-9-19(17)28-10-14-12-29(13-15(14)11-28)21(30)20-16-6-2-1-3-8-18(16)26-27-20/h4-5,7,9,14-15H,1-3,6,8,10-13H2,(H,26,27)/t14-,15+. The fourth-order valence-corrected chi connectivity index (χ4v) is 5.33. The summed E-state index contributed by atoms with van der Waals surface area (Å²) in [4.78, 5) is 16.8. The SMILES string of the molecule is O=C(c1n[nH]c2c1CCCCC2)N1C[C@@H]2CN(c3ccccc3C(F)(F)F)C[C@@H]2C1. The van der Waals surface area contributed by atoms with Gasteiger partial charge in [-0.15, -0.1) is 0 Å². The molecule has 0 bridgehead atoms. The first-order chi connectivity index (χ1) is 14.4. The molecule has 2 fully saturated rings. The summed E-state index contributed by atoms with van der Waals surface area (Å²) in [5, 5.41) is 7.39. The van der Waals surface area contributed by atoms with Crippen LogP contribution in [-0.2, 0) is 19.0 Å². The predicted molar refractivity (Wildman–Crippen MR) is 106 cm³/mol. The van der Waals surface area contributed by atoms with Crippen LogP contribution in [0.4, 0.5) is 18.9 Å². The van der Waals surface area contributed by atoms with Gasteiger partial charge < -0.3 is 9.80 Å². The number of rotatable bonds is 2. The van der Waals surface area contributed by atoms with E-state index >= 15 is 0 Å². The molecule has 1 amide bonds. The van der Waals surface area contributed by atoms with Crippen molar-refractivity contribution in [3.8, 4) is 0 Å². The van der Waals surface area contributed by atoms with Crippen LogP contribution in [0.1, 0.15) is 46.6 Å². The van der Waals surface area contributed by atoms with Gasteiger partial charge in [0, 0.05) is 55.0 Å². The van der Waals surface area contributed by atoms with Gasteiger partial charge in [0.15, 0.2) is 5.69 Å². The summed E-state index contributed by atoms with van der Waals surface area (Å²) in [7, 11) is 0. The van der Waals surface area contributed by atoms with Crippen molar-refractivity contribution in [1.82, 2.24) is 15.1 Å². The fraction of sp³-hybridized carbons (Fsp3) is 0.545. The largest absolute Gasteiger partial charge is 0.418 e. The van der Waals surface area contributed by atoms with Gasteiger partial charge in [-0.25, -0.2) is 0 Å². The molecule has 1 aromatic heterocycles. The molecule has 0 radical (unpaired) electrons. The first kappa shape index (κ1) is 19.5. The molecule has 2 saturated heterocycles. The number of fused-ring (bicyclic) bond motifs is 2. The van der Waals surface area contributed by atoms with E-state index in [9.17, 15) is 18.0 Å². The van der Waals surface area contributed by atoms with Crippen LogP contribution in [0.15, 0.2) is 24.3 Å². The van der Waals surface area contributed by atoms with Crippen LogP contribution in [0, 0.1) is 11.8 Å². The highest BCUT2D eigenvalue weighted by molar-refractivity contribution is 5.94. The number of anilines is 1. The van der Waals surface area contributed by atoms with E-state index in [2.05, 4.69) is 10.2 Å². The molecule has 0 spiro atoms. The summed E-state index contributed by atoms with van der Waals surface area (Å²) in [5.74, 6) is 0.339. The quantitative estimate of drug-likeness (QED) is 0.753. The third kappa shape index (κ3) is 3.36. The number of H-pyrrole nitrogens is 1. The molecule has 5 nitrogen and oxygen atoms in total. The van der Waals surface area contributed by atoms with Crippen molar-refractivity contribution in [3.63, 3.8) is 0 Å². The Kier molecular flexibility index (Phi) is 4.75. The lowest BCUT2D eigenvalue weighted by Crippen LogP contribution is -2.34. The summed E-state index contributed by atoms with van der Waals surface area (Å²) in [6.45, 7) is 2.24. The van der Waals surface area contributed by atoms with Gasteiger partial charge in [-0.1, -0.05) is 18.6 Å². The molecule has 2 aromatic rings. The Morgan fingerprint density at radius 1 is 1.00 bits per heavy atom. The van der Waals surface area contributed by atoms with Crippen LogP contribution >= 0.6 is 0 Å². The summed E-state index contributed by atoms with van der Waals surface area (Å²) in [6, 6.07) is 5.77. The molecule has 160 valence electrons. The number of aromatic nitrogens is 2. The van der Waals surface area contributed by atoms with Gasteiger partial charge in [0.2, 0.25) is 0 Å². The maximum atomic E-state index is 13.4. The van der Waals surface area contributed by atoms with E-state index in [0.29, 0.717) is 31.9 Å². The van der Waals surface area contributed by atoms with Crippen molar-refractivity contribution in [1.29, 1.82) is 0 Å². The highest BCUT2D eigenvalue weighted by Gasteiger charge is 2.44. The van der Waals surface area contributed by atoms with Gasteiger partial charge in [0.1, 0.15) is 0 Å². The molecule has 5 rings (SSSR count). The van der Waals surface area contributed by atoms with E-state index in [1.807, 2.05) is 9.80 Å². The highest BCUT2D eigenvalue weighted by Crippen LogP contribution is 2.41. The Labute approximate surface area is 173 Å². The number of amides is 1. The average Bonchev–Trinajstić information content (AvgIpc) is 3.36. The zero-order chi connectivity index (χ0) is 20.9. The van der Waals surface area contributed by atoms with Gasteiger partial charge in [0.05, 0.1) is 5.56 Å². The van der Waals surface area contributed by atoms with Crippen LogP contribution in [0.25, 0.3) is 0 Å². The molecule has 3 heterocycles. The normalized spacial score (nSPS) is 24.0. The van der Waals surface area contributed by atoms with Crippen molar-refractivity contribution in [3.05, 3.63) is 46.8 Å². The lowest BCUT2D eigenvalue weighted by molar-refractivity contribution is -0.137. The second kappa shape index (κ2) is 7.32. The maximum absolute atomic E-state index is 13.4. The van der Waals surface area contributed by atoms with Crippen LogP contribution in [0.3, 0.4) is 0 Å². The van der Waals surface area contributed by atoms with E-state index in [0.717, 1.165) is 43.0 Å². The van der Waals surface area contributed by atoms with Gasteiger partial charge >= 0.3 is 6.18 Å². The first-order valence-corrected chi connectivity index (χ1v) is 10.7. The molecule has 8 heteroatoms. The van der Waals surface area contributed by atoms with Crippen molar-refractivity contribution in [2.45, 2.75) is 38.3 Å². The molecule has 2 aliphatic heterocycles. The average molecular weight is 418 g/mol. The Bertz CT molecular complexity index is 940. The second-order valence-electron chi connectivity index (χ2n) is 8.74. The number of carbonyl (C=O) groups is 1. The zero-order valence-corrected chi connectivity index (χ0v) is 16.7. The second-order valence-corrected chi connectivity index (χ2v) is 8.74. The third-order valence-electron chi connectivity index (χ3n) is 6.83. The van der Waals surface area contributed by atoms with Crippen molar-refractivity contribution in [2.75, 3.05) is 31.1 Å². The van der Waals surface area contributed by atoms with E-state index in [1.165, 1.54) is 12.5 Å². The Morgan fingerprint density at radius 3 is 2.43 bits per heavy atom. The van der Waals surface area contributed by atoms with Crippen LogP contribution < -0.4 is 4.90 Å².